The smallest absolute Gasteiger partial charge is 0.227 e. The van der Waals surface area contributed by atoms with Crippen LogP contribution < -0.4 is 14.4 Å². The second-order valence-corrected chi connectivity index (χ2v) is 6.87. The van der Waals surface area contributed by atoms with Crippen LogP contribution in [0.15, 0.2) is 53.1 Å². The molecule has 0 saturated carbocycles. The van der Waals surface area contributed by atoms with Crippen LogP contribution in [-0.4, -0.2) is 51.2 Å². The predicted molar refractivity (Wildman–Crippen MR) is 108 cm³/mol. The highest BCUT2D eigenvalue weighted by atomic mass is 16.5. The number of furan rings is 1. The fourth-order valence-electron chi connectivity index (χ4n) is 3.62. The van der Waals surface area contributed by atoms with Gasteiger partial charge in [0.2, 0.25) is 5.91 Å². The molecule has 0 radical (unpaired) electrons. The lowest BCUT2D eigenvalue weighted by Gasteiger charge is -2.36. The fraction of sp³-hybridized carbons (Fsp3) is 0.318. The van der Waals surface area contributed by atoms with Crippen LogP contribution in [0.5, 0.6) is 11.5 Å². The van der Waals surface area contributed by atoms with E-state index in [1.54, 1.807) is 20.5 Å². The van der Waals surface area contributed by atoms with Crippen molar-refractivity contribution in [1.82, 2.24) is 4.90 Å². The van der Waals surface area contributed by atoms with Crippen LogP contribution >= 0.6 is 0 Å². The molecule has 0 N–H and O–H groups in total. The van der Waals surface area contributed by atoms with Crippen molar-refractivity contribution in [3.63, 3.8) is 0 Å². The molecule has 0 aliphatic carbocycles. The Kier molecular flexibility index (Phi) is 5.10. The molecule has 28 heavy (non-hydrogen) atoms. The summed E-state index contributed by atoms with van der Waals surface area (Å²) in [4.78, 5) is 17.0. The van der Waals surface area contributed by atoms with Gasteiger partial charge in [-0.1, -0.05) is 6.07 Å². The van der Waals surface area contributed by atoms with E-state index in [0.717, 1.165) is 46.8 Å². The van der Waals surface area contributed by atoms with Gasteiger partial charge in [0.25, 0.3) is 0 Å². The average molecular weight is 380 g/mol. The Bertz CT molecular complexity index is 974. The highest BCUT2D eigenvalue weighted by Crippen LogP contribution is 2.27. The summed E-state index contributed by atoms with van der Waals surface area (Å²) in [5.41, 5.74) is 2.78. The molecule has 1 saturated heterocycles. The minimum absolute atomic E-state index is 0.129. The number of rotatable bonds is 5. The van der Waals surface area contributed by atoms with Gasteiger partial charge >= 0.3 is 0 Å². The minimum Gasteiger partial charge on any atom is -0.497 e. The molecule has 3 aromatic rings. The van der Waals surface area contributed by atoms with Crippen molar-refractivity contribution in [3.05, 3.63) is 54.3 Å². The van der Waals surface area contributed by atoms with Crippen LogP contribution in [0.3, 0.4) is 0 Å². The highest BCUT2D eigenvalue weighted by Gasteiger charge is 2.22. The number of carbonyl (C=O) groups excluding carboxylic acids is 1. The maximum Gasteiger partial charge on any atom is 0.227 e. The van der Waals surface area contributed by atoms with Gasteiger partial charge in [0, 0.05) is 54.9 Å². The maximum absolute atomic E-state index is 12.8. The Morgan fingerprint density at radius 1 is 1.00 bits per heavy atom. The van der Waals surface area contributed by atoms with Crippen LogP contribution in [0.25, 0.3) is 11.0 Å². The van der Waals surface area contributed by atoms with Crippen LogP contribution in [-0.2, 0) is 11.2 Å². The SMILES string of the molecule is COc1cccc(N2CCN(C(=O)Cc3coc4cc(OC)ccc34)CC2)c1. The highest BCUT2D eigenvalue weighted by molar-refractivity contribution is 5.88. The van der Waals surface area contributed by atoms with Crippen molar-refractivity contribution < 1.29 is 18.7 Å². The standard InChI is InChI=1S/C22H24N2O4/c1-26-18-5-3-4-17(13-18)23-8-10-24(11-9-23)22(25)12-16-15-28-21-14-19(27-2)6-7-20(16)21/h3-7,13-15H,8-12H2,1-2H3. The quantitative estimate of drug-likeness (QED) is 0.680. The Balaban J connectivity index is 1.39. The summed E-state index contributed by atoms with van der Waals surface area (Å²) in [5.74, 6) is 1.72. The zero-order valence-corrected chi connectivity index (χ0v) is 16.2. The second kappa shape index (κ2) is 7.84. The zero-order valence-electron chi connectivity index (χ0n) is 16.2. The molecule has 0 atom stereocenters. The molecule has 146 valence electrons. The van der Waals surface area contributed by atoms with Gasteiger partial charge in [-0.15, -0.1) is 0 Å². The molecule has 6 heteroatoms. The van der Waals surface area contributed by atoms with Crippen LogP contribution in [0.2, 0.25) is 0 Å². The molecular weight excluding hydrogens is 356 g/mol. The van der Waals surface area contributed by atoms with Crippen molar-refractivity contribution in [3.8, 4) is 11.5 Å². The number of piperazine rings is 1. The molecule has 1 aliphatic heterocycles. The lowest BCUT2D eigenvalue weighted by molar-refractivity contribution is -0.130. The summed E-state index contributed by atoms with van der Waals surface area (Å²) in [6.07, 6.45) is 2.02. The number of hydrogen-bond donors (Lipinski definition) is 0. The lowest BCUT2D eigenvalue weighted by atomic mass is 10.1. The van der Waals surface area contributed by atoms with Gasteiger partial charge in [-0.25, -0.2) is 0 Å². The van der Waals surface area contributed by atoms with Gasteiger partial charge in [-0.2, -0.15) is 0 Å². The second-order valence-electron chi connectivity index (χ2n) is 6.87. The molecule has 1 amide bonds. The third kappa shape index (κ3) is 3.63. The molecule has 1 aliphatic rings. The van der Waals surface area contributed by atoms with E-state index in [9.17, 15) is 4.79 Å². The van der Waals surface area contributed by atoms with E-state index in [4.69, 9.17) is 13.9 Å². The van der Waals surface area contributed by atoms with Gasteiger partial charge in [0.15, 0.2) is 0 Å². The van der Waals surface area contributed by atoms with Gasteiger partial charge in [-0.3, -0.25) is 4.79 Å². The van der Waals surface area contributed by atoms with Crippen molar-refractivity contribution in [2.75, 3.05) is 45.3 Å². The first-order chi connectivity index (χ1) is 13.7. The largest absolute Gasteiger partial charge is 0.497 e. The molecule has 6 nitrogen and oxygen atoms in total. The molecule has 1 aromatic heterocycles. The Labute approximate surface area is 164 Å². The number of benzene rings is 2. The number of amides is 1. The van der Waals surface area contributed by atoms with Gasteiger partial charge in [0.1, 0.15) is 17.1 Å². The molecule has 0 bridgehead atoms. The van der Waals surface area contributed by atoms with Crippen LogP contribution in [0.1, 0.15) is 5.56 Å². The van der Waals surface area contributed by atoms with E-state index in [-0.39, 0.29) is 5.91 Å². The Morgan fingerprint density at radius 3 is 2.50 bits per heavy atom. The van der Waals surface area contributed by atoms with Gasteiger partial charge in [-0.05, 0) is 24.3 Å². The third-order valence-electron chi connectivity index (χ3n) is 5.26. The summed E-state index contributed by atoms with van der Waals surface area (Å²) < 4.78 is 16.1. The number of ether oxygens (including phenoxy) is 2. The van der Waals surface area contributed by atoms with E-state index in [2.05, 4.69) is 11.0 Å². The van der Waals surface area contributed by atoms with E-state index >= 15 is 0 Å². The molecule has 2 aromatic carbocycles. The molecule has 2 heterocycles. The predicted octanol–water partition coefficient (Wildman–Crippen LogP) is 3.34. The summed E-state index contributed by atoms with van der Waals surface area (Å²) in [5, 5.41) is 0.962. The third-order valence-corrected chi connectivity index (χ3v) is 5.26. The van der Waals surface area contributed by atoms with Crippen LogP contribution in [0, 0.1) is 0 Å². The number of fused-ring (bicyclic) bond motifs is 1. The lowest BCUT2D eigenvalue weighted by Crippen LogP contribution is -2.49. The summed E-state index contributed by atoms with van der Waals surface area (Å²) in [6, 6.07) is 13.7. The summed E-state index contributed by atoms with van der Waals surface area (Å²) >= 11 is 0. The first-order valence-corrected chi connectivity index (χ1v) is 9.39. The molecule has 0 spiro atoms. The molecule has 0 unspecified atom stereocenters. The topological polar surface area (TPSA) is 55.2 Å². The zero-order chi connectivity index (χ0) is 19.5. The van der Waals surface area contributed by atoms with Crippen molar-refractivity contribution in [1.29, 1.82) is 0 Å². The average Bonchev–Trinajstić information content (AvgIpc) is 3.15. The van der Waals surface area contributed by atoms with E-state index in [0.29, 0.717) is 19.5 Å². The number of methoxy groups -OCH3 is 2. The van der Waals surface area contributed by atoms with Gasteiger partial charge < -0.3 is 23.7 Å². The van der Waals surface area contributed by atoms with Crippen LogP contribution in [0.4, 0.5) is 5.69 Å². The molecule has 1 fully saturated rings. The van der Waals surface area contributed by atoms with Crippen molar-refractivity contribution >= 4 is 22.6 Å². The summed E-state index contributed by atoms with van der Waals surface area (Å²) in [7, 11) is 3.30. The van der Waals surface area contributed by atoms with E-state index < -0.39 is 0 Å². The minimum atomic E-state index is 0.129. The van der Waals surface area contributed by atoms with Crippen molar-refractivity contribution in [2.45, 2.75) is 6.42 Å². The van der Waals surface area contributed by atoms with Crippen molar-refractivity contribution in [2.24, 2.45) is 0 Å². The Hall–Kier alpha value is -3.15. The summed E-state index contributed by atoms with van der Waals surface area (Å²) in [6.45, 7) is 3.03. The van der Waals surface area contributed by atoms with E-state index in [1.165, 1.54) is 0 Å². The van der Waals surface area contributed by atoms with E-state index in [1.807, 2.05) is 41.3 Å². The number of hydrogen-bond acceptors (Lipinski definition) is 5. The number of carbonyl (C=O) groups is 1. The normalized spacial score (nSPS) is 14.4. The fourth-order valence-corrected chi connectivity index (χ4v) is 3.62. The first-order valence-electron chi connectivity index (χ1n) is 9.39. The Morgan fingerprint density at radius 2 is 1.75 bits per heavy atom. The monoisotopic (exact) mass is 380 g/mol. The number of anilines is 1. The maximum atomic E-state index is 12.8. The molecule has 4 rings (SSSR count). The first kappa shape index (κ1) is 18.2. The number of nitrogens with zero attached hydrogens (tertiary/aromatic N) is 2. The van der Waals surface area contributed by atoms with Gasteiger partial charge in [0.05, 0.1) is 26.9 Å². The molecular formula is C22H24N2O4.